The minimum Gasteiger partial charge on any atom is -0.365 e. The van der Waals surface area contributed by atoms with Crippen molar-refractivity contribution in [3.8, 4) is 5.82 Å². The molecule has 3 atom stereocenters. The number of pyridine rings is 1. The van der Waals surface area contributed by atoms with E-state index in [0.29, 0.717) is 5.92 Å². The molecule has 6 rings (SSSR count). The first-order valence-corrected chi connectivity index (χ1v) is 9.16. The minimum atomic E-state index is 0.142. The average Bonchev–Trinajstić information content (AvgIpc) is 3.40. The topological polar surface area (TPSA) is 27.1 Å². The van der Waals surface area contributed by atoms with Gasteiger partial charge in [0.15, 0.2) is 0 Å². The molecule has 0 spiro atoms. The summed E-state index contributed by atoms with van der Waals surface area (Å²) < 4.78 is 8.68. The maximum Gasteiger partial charge on any atom is 0.137 e. The van der Waals surface area contributed by atoms with E-state index in [4.69, 9.17) is 4.74 Å². The Morgan fingerprint density at radius 1 is 0.885 bits per heavy atom. The standard InChI is InChI=1S/C23H18N2O/c1-4-10-19-15(7-1)13-20(25(19)22-11-5-6-12-24-22)18-14-21-16-8-2-3-9-17(16)23(18)26-21/h1-13,18,21,23H,14H2/t18-,21?,23?/m0/s1. The number of para-hydroxylation sites is 1. The van der Waals surface area contributed by atoms with Crippen molar-refractivity contribution < 1.29 is 4.74 Å². The Morgan fingerprint density at radius 3 is 2.58 bits per heavy atom. The first kappa shape index (κ1) is 14.3. The van der Waals surface area contributed by atoms with Gasteiger partial charge in [-0.05, 0) is 41.8 Å². The van der Waals surface area contributed by atoms with E-state index in [9.17, 15) is 0 Å². The quantitative estimate of drug-likeness (QED) is 0.494. The second kappa shape index (κ2) is 5.29. The Bertz CT molecular complexity index is 1120. The second-order valence-corrected chi connectivity index (χ2v) is 7.17. The maximum absolute atomic E-state index is 6.36. The summed E-state index contributed by atoms with van der Waals surface area (Å²) >= 11 is 0. The van der Waals surface area contributed by atoms with Gasteiger partial charge in [-0.15, -0.1) is 0 Å². The summed E-state index contributed by atoms with van der Waals surface area (Å²) in [7, 11) is 0. The third-order valence-corrected chi connectivity index (χ3v) is 5.79. The first-order chi connectivity index (χ1) is 12.9. The molecule has 2 aliphatic heterocycles. The lowest BCUT2D eigenvalue weighted by molar-refractivity contribution is 0.0671. The summed E-state index contributed by atoms with van der Waals surface area (Å²) in [5, 5.41) is 1.25. The molecule has 2 aromatic carbocycles. The smallest absolute Gasteiger partial charge is 0.137 e. The lowest BCUT2D eigenvalue weighted by Crippen LogP contribution is -2.13. The number of hydrogen-bond donors (Lipinski definition) is 0. The fourth-order valence-electron chi connectivity index (χ4n) is 4.70. The third kappa shape index (κ3) is 1.89. The van der Waals surface area contributed by atoms with E-state index >= 15 is 0 Å². The van der Waals surface area contributed by atoms with E-state index in [1.165, 1.54) is 27.7 Å². The summed E-state index contributed by atoms with van der Waals surface area (Å²) in [5.41, 5.74) is 5.23. The SMILES string of the molecule is c1ccc(-n2c([C@@H]3CC4OC3c3ccccc34)cc3ccccc32)nc1. The molecular weight excluding hydrogens is 320 g/mol. The Hall–Kier alpha value is -2.91. The van der Waals surface area contributed by atoms with Gasteiger partial charge >= 0.3 is 0 Å². The zero-order valence-electron chi connectivity index (χ0n) is 14.2. The molecule has 3 nitrogen and oxygen atoms in total. The lowest BCUT2D eigenvalue weighted by atomic mass is 9.82. The molecule has 2 aliphatic rings. The normalized spacial score (nSPS) is 23.5. The van der Waals surface area contributed by atoms with Crippen molar-refractivity contribution in [3.63, 3.8) is 0 Å². The van der Waals surface area contributed by atoms with Crippen LogP contribution >= 0.6 is 0 Å². The van der Waals surface area contributed by atoms with Crippen molar-refractivity contribution in [1.29, 1.82) is 0 Å². The molecule has 126 valence electrons. The van der Waals surface area contributed by atoms with Crippen LogP contribution in [0.3, 0.4) is 0 Å². The fraction of sp³-hybridized carbons (Fsp3) is 0.174. The van der Waals surface area contributed by atoms with E-state index in [-0.39, 0.29) is 12.2 Å². The number of rotatable bonds is 2. The van der Waals surface area contributed by atoms with Gasteiger partial charge in [-0.1, -0.05) is 48.5 Å². The zero-order valence-corrected chi connectivity index (χ0v) is 14.2. The molecule has 1 fully saturated rings. The van der Waals surface area contributed by atoms with Crippen LogP contribution in [0.1, 0.15) is 41.4 Å². The van der Waals surface area contributed by atoms with E-state index in [2.05, 4.69) is 70.2 Å². The predicted molar refractivity (Wildman–Crippen MR) is 101 cm³/mol. The molecule has 2 aromatic heterocycles. The van der Waals surface area contributed by atoms with Crippen LogP contribution in [-0.2, 0) is 4.74 Å². The molecule has 0 radical (unpaired) electrons. The fourth-order valence-corrected chi connectivity index (χ4v) is 4.70. The van der Waals surface area contributed by atoms with Gasteiger partial charge in [0, 0.05) is 23.2 Å². The summed E-state index contributed by atoms with van der Waals surface area (Å²) in [6.45, 7) is 0. The van der Waals surface area contributed by atoms with Crippen molar-refractivity contribution in [2.24, 2.45) is 0 Å². The van der Waals surface area contributed by atoms with E-state index in [0.717, 1.165) is 12.2 Å². The Kier molecular flexibility index (Phi) is 2.91. The van der Waals surface area contributed by atoms with Gasteiger partial charge < -0.3 is 4.74 Å². The van der Waals surface area contributed by atoms with Crippen LogP contribution in [0, 0.1) is 0 Å². The van der Waals surface area contributed by atoms with Crippen LogP contribution in [0.4, 0.5) is 0 Å². The minimum absolute atomic E-state index is 0.142. The highest BCUT2D eigenvalue weighted by molar-refractivity contribution is 5.83. The first-order valence-electron chi connectivity index (χ1n) is 9.16. The van der Waals surface area contributed by atoms with Crippen LogP contribution in [0.2, 0.25) is 0 Å². The molecule has 0 aliphatic carbocycles. The molecule has 2 unspecified atom stereocenters. The molecule has 0 amide bonds. The Balaban J connectivity index is 1.56. The van der Waals surface area contributed by atoms with Gasteiger partial charge in [0.1, 0.15) is 5.82 Å². The van der Waals surface area contributed by atoms with E-state index in [1.54, 1.807) is 0 Å². The molecule has 0 N–H and O–H groups in total. The predicted octanol–water partition coefficient (Wildman–Crippen LogP) is 5.33. The molecule has 4 heterocycles. The van der Waals surface area contributed by atoms with Gasteiger partial charge in [0.05, 0.1) is 17.7 Å². The Morgan fingerprint density at radius 2 is 1.69 bits per heavy atom. The van der Waals surface area contributed by atoms with Gasteiger partial charge in [0.25, 0.3) is 0 Å². The van der Waals surface area contributed by atoms with Crippen LogP contribution in [0.15, 0.2) is 79.0 Å². The van der Waals surface area contributed by atoms with Crippen molar-refractivity contribution in [2.75, 3.05) is 0 Å². The van der Waals surface area contributed by atoms with Crippen LogP contribution in [0.5, 0.6) is 0 Å². The molecular formula is C23H18N2O. The molecule has 4 aromatic rings. The maximum atomic E-state index is 6.36. The summed E-state index contributed by atoms with van der Waals surface area (Å²) in [4.78, 5) is 4.63. The van der Waals surface area contributed by atoms with Crippen LogP contribution in [0.25, 0.3) is 16.7 Å². The van der Waals surface area contributed by atoms with Gasteiger partial charge in [-0.3, -0.25) is 4.57 Å². The molecule has 1 saturated heterocycles. The molecule has 0 saturated carbocycles. The van der Waals surface area contributed by atoms with E-state index < -0.39 is 0 Å². The average molecular weight is 338 g/mol. The van der Waals surface area contributed by atoms with Crippen molar-refractivity contribution >= 4 is 10.9 Å². The summed E-state index contributed by atoms with van der Waals surface area (Å²) in [6.07, 6.45) is 3.25. The molecule has 2 bridgehead atoms. The number of benzene rings is 2. The largest absolute Gasteiger partial charge is 0.365 e. The third-order valence-electron chi connectivity index (χ3n) is 5.79. The van der Waals surface area contributed by atoms with E-state index in [1.807, 2.05) is 18.3 Å². The second-order valence-electron chi connectivity index (χ2n) is 7.17. The number of nitrogens with zero attached hydrogens (tertiary/aromatic N) is 2. The number of hydrogen-bond acceptors (Lipinski definition) is 2. The van der Waals surface area contributed by atoms with Crippen molar-refractivity contribution in [1.82, 2.24) is 9.55 Å². The summed E-state index contributed by atoms with van der Waals surface area (Å²) in [6, 6.07) is 25.6. The van der Waals surface area contributed by atoms with Gasteiger partial charge in [-0.25, -0.2) is 4.98 Å². The lowest BCUT2D eigenvalue weighted by Gasteiger charge is -2.23. The van der Waals surface area contributed by atoms with Crippen molar-refractivity contribution in [2.45, 2.75) is 24.5 Å². The number of aromatic nitrogens is 2. The van der Waals surface area contributed by atoms with Gasteiger partial charge in [-0.2, -0.15) is 0 Å². The van der Waals surface area contributed by atoms with Crippen LogP contribution < -0.4 is 0 Å². The monoisotopic (exact) mass is 338 g/mol. The number of fused-ring (bicyclic) bond motifs is 6. The zero-order chi connectivity index (χ0) is 17.1. The highest BCUT2D eigenvalue weighted by Gasteiger charge is 2.46. The highest BCUT2D eigenvalue weighted by Crippen LogP contribution is 2.58. The molecule has 26 heavy (non-hydrogen) atoms. The van der Waals surface area contributed by atoms with Gasteiger partial charge in [0.2, 0.25) is 0 Å². The summed E-state index contributed by atoms with van der Waals surface area (Å²) in [5.74, 6) is 1.32. The highest BCUT2D eigenvalue weighted by atomic mass is 16.5. The van der Waals surface area contributed by atoms with Crippen molar-refractivity contribution in [3.05, 3.63) is 95.8 Å². The molecule has 3 heteroatoms. The van der Waals surface area contributed by atoms with Crippen LogP contribution in [-0.4, -0.2) is 9.55 Å². The number of ether oxygens (including phenoxy) is 1. The Labute approximate surface area is 151 Å².